The Morgan fingerprint density at radius 1 is 1.38 bits per heavy atom. The van der Waals surface area contributed by atoms with Crippen molar-refractivity contribution in [3.05, 3.63) is 40.4 Å². The summed E-state index contributed by atoms with van der Waals surface area (Å²) in [6, 6.07) is 2.97. The van der Waals surface area contributed by atoms with Crippen molar-refractivity contribution >= 4 is 23.6 Å². The van der Waals surface area contributed by atoms with Crippen LogP contribution in [0.25, 0.3) is 6.08 Å². The molecule has 1 aromatic carbocycles. The lowest BCUT2D eigenvalue weighted by molar-refractivity contribution is -0.138. The molecule has 0 atom stereocenters. The first-order valence-electron chi connectivity index (χ1n) is 4.08. The summed E-state index contributed by atoms with van der Waals surface area (Å²) in [7, 11) is 0. The molecule has 1 rings (SSSR count). The summed E-state index contributed by atoms with van der Waals surface area (Å²) in [5.74, 6) is -1.33. The van der Waals surface area contributed by atoms with Crippen LogP contribution in [0.4, 0.5) is 13.2 Å². The maximum Gasteiger partial charge on any atom is 0.416 e. The summed E-state index contributed by atoms with van der Waals surface area (Å²) in [6.07, 6.45) is -3.05. The van der Waals surface area contributed by atoms with Crippen LogP contribution in [0, 0.1) is 0 Å². The molecule has 2 nitrogen and oxygen atoms in total. The lowest BCUT2D eigenvalue weighted by atomic mass is 10.1. The number of hydrogen-bond acceptors (Lipinski definition) is 1. The van der Waals surface area contributed by atoms with Gasteiger partial charge in [0, 0.05) is 11.1 Å². The van der Waals surface area contributed by atoms with Gasteiger partial charge in [-0.25, -0.2) is 4.79 Å². The van der Waals surface area contributed by atoms with Gasteiger partial charge in [-0.05, 0) is 29.8 Å². The number of hydrogen-bond donors (Lipinski definition) is 1. The molecule has 0 aliphatic rings. The molecule has 0 fully saturated rings. The molecule has 1 aromatic rings. The van der Waals surface area contributed by atoms with E-state index in [4.69, 9.17) is 16.7 Å². The molecule has 0 aromatic heterocycles. The second-order valence-corrected chi connectivity index (χ2v) is 3.34. The van der Waals surface area contributed by atoms with Crippen LogP contribution in [0.3, 0.4) is 0 Å². The van der Waals surface area contributed by atoms with Crippen molar-refractivity contribution in [2.75, 3.05) is 0 Å². The van der Waals surface area contributed by atoms with Crippen molar-refractivity contribution in [3.8, 4) is 0 Å². The maximum absolute atomic E-state index is 12.5. The van der Waals surface area contributed by atoms with Gasteiger partial charge in [-0.1, -0.05) is 11.6 Å². The highest BCUT2D eigenvalue weighted by atomic mass is 35.5. The Labute approximate surface area is 94.0 Å². The Morgan fingerprint density at radius 2 is 2.00 bits per heavy atom. The van der Waals surface area contributed by atoms with E-state index in [2.05, 4.69) is 0 Å². The van der Waals surface area contributed by atoms with Crippen LogP contribution in [-0.4, -0.2) is 11.1 Å². The molecule has 0 aliphatic carbocycles. The molecule has 0 aliphatic heterocycles. The van der Waals surface area contributed by atoms with Crippen LogP contribution >= 0.6 is 11.6 Å². The third-order valence-corrected chi connectivity index (χ3v) is 1.96. The molecule has 0 amide bonds. The Bertz CT molecular complexity index is 438. The van der Waals surface area contributed by atoms with E-state index in [1.54, 1.807) is 0 Å². The summed E-state index contributed by atoms with van der Waals surface area (Å²) in [5.41, 5.74) is -1.20. The van der Waals surface area contributed by atoms with E-state index >= 15 is 0 Å². The van der Waals surface area contributed by atoms with E-state index in [0.29, 0.717) is 6.08 Å². The number of carboxylic acids is 1. The molecule has 1 N–H and O–H groups in total. The van der Waals surface area contributed by atoms with Crippen LogP contribution in [0.15, 0.2) is 24.3 Å². The SMILES string of the molecule is O=C(O)/C=C/c1cc(Cl)ccc1C(F)(F)F. The summed E-state index contributed by atoms with van der Waals surface area (Å²) < 4.78 is 37.4. The van der Waals surface area contributed by atoms with Gasteiger partial charge in [0.1, 0.15) is 0 Å². The highest BCUT2D eigenvalue weighted by Crippen LogP contribution is 2.33. The van der Waals surface area contributed by atoms with E-state index < -0.39 is 17.7 Å². The number of alkyl halides is 3. The van der Waals surface area contributed by atoms with Crippen LogP contribution in [0.2, 0.25) is 5.02 Å². The van der Waals surface area contributed by atoms with Gasteiger partial charge < -0.3 is 5.11 Å². The lowest BCUT2D eigenvalue weighted by Crippen LogP contribution is -2.07. The second kappa shape index (κ2) is 4.57. The quantitative estimate of drug-likeness (QED) is 0.816. The second-order valence-electron chi connectivity index (χ2n) is 2.90. The number of aliphatic carboxylic acids is 1. The van der Waals surface area contributed by atoms with Crippen LogP contribution in [0.5, 0.6) is 0 Å². The van der Waals surface area contributed by atoms with Gasteiger partial charge in [-0.15, -0.1) is 0 Å². The standard InChI is InChI=1S/C10H6ClF3O2/c11-7-2-3-8(10(12,13)14)6(5-7)1-4-9(15)16/h1-5H,(H,15,16)/b4-1+. The molecule has 6 heteroatoms. The zero-order valence-corrected chi connectivity index (χ0v) is 8.51. The first kappa shape index (κ1) is 12.6. The van der Waals surface area contributed by atoms with Gasteiger partial charge in [-0.3, -0.25) is 0 Å². The molecule has 0 radical (unpaired) electrons. The Hall–Kier alpha value is -1.49. The summed E-state index contributed by atoms with van der Waals surface area (Å²) in [4.78, 5) is 10.2. The fourth-order valence-electron chi connectivity index (χ4n) is 1.09. The largest absolute Gasteiger partial charge is 0.478 e. The number of carboxylic acid groups (broad SMARTS) is 1. The number of carbonyl (C=O) groups is 1. The van der Waals surface area contributed by atoms with Gasteiger partial charge in [0.25, 0.3) is 0 Å². The predicted octanol–water partition coefficient (Wildman–Crippen LogP) is 3.46. The minimum Gasteiger partial charge on any atom is -0.478 e. The molecule has 86 valence electrons. The zero-order chi connectivity index (χ0) is 12.3. The molecule has 0 heterocycles. The average molecular weight is 251 g/mol. The van der Waals surface area contributed by atoms with Gasteiger partial charge in [0.2, 0.25) is 0 Å². The minimum absolute atomic E-state index is 0.109. The maximum atomic E-state index is 12.5. The zero-order valence-electron chi connectivity index (χ0n) is 7.75. The van der Waals surface area contributed by atoms with Gasteiger partial charge in [0.05, 0.1) is 5.56 Å². The first-order chi connectivity index (χ1) is 7.30. The Morgan fingerprint density at radius 3 is 2.50 bits per heavy atom. The number of rotatable bonds is 2. The molecule has 16 heavy (non-hydrogen) atoms. The Kier molecular flexibility index (Phi) is 3.59. The average Bonchev–Trinajstić information content (AvgIpc) is 2.12. The van der Waals surface area contributed by atoms with Crippen molar-refractivity contribution in [2.24, 2.45) is 0 Å². The van der Waals surface area contributed by atoms with Crippen molar-refractivity contribution in [1.82, 2.24) is 0 Å². The molecular formula is C10H6ClF3O2. The normalized spacial score (nSPS) is 12.0. The van der Waals surface area contributed by atoms with Crippen molar-refractivity contribution in [1.29, 1.82) is 0 Å². The third kappa shape index (κ3) is 3.27. The molecular weight excluding hydrogens is 245 g/mol. The van der Waals surface area contributed by atoms with E-state index in [0.717, 1.165) is 24.3 Å². The van der Waals surface area contributed by atoms with Crippen molar-refractivity contribution in [2.45, 2.75) is 6.18 Å². The monoisotopic (exact) mass is 250 g/mol. The number of benzene rings is 1. The molecule has 0 bridgehead atoms. The van der Waals surface area contributed by atoms with Crippen LogP contribution in [0.1, 0.15) is 11.1 Å². The summed E-state index contributed by atoms with van der Waals surface area (Å²) >= 11 is 5.53. The van der Waals surface area contributed by atoms with Gasteiger partial charge >= 0.3 is 12.1 Å². The summed E-state index contributed by atoms with van der Waals surface area (Å²) in [6.45, 7) is 0. The van der Waals surface area contributed by atoms with E-state index in [1.807, 2.05) is 0 Å². The summed E-state index contributed by atoms with van der Waals surface area (Å²) in [5, 5.41) is 8.45. The van der Waals surface area contributed by atoms with Crippen LogP contribution in [-0.2, 0) is 11.0 Å². The van der Waals surface area contributed by atoms with E-state index in [9.17, 15) is 18.0 Å². The smallest absolute Gasteiger partial charge is 0.416 e. The van der Waals surface area contributed by atoms with Gasteiger partial charge in [-0.2, -0.15) is 13.2 Å². The molecule has 0 unspecified atom stereocenters. The van der Waals surface area contributed by atoms with Gasteiger partial charge in [0.15, 0.2) is 0 Å². The minimum atomic E-state index is -4.54. The Balaban J connectivity index is 3.24. The fraction of sp³-hybridized carbons (Fsp3) is 0.100. The lowest BCUT2D eigenvalue weighted by Gasteiger charge is -2.10. The van der Waals surface area contributed by atoms with E-state index in [-0.39, 0.29) is 10.6 Å². The molecule has 0 saturated heterocycles. The predicted molar refractivity (Wildman–Crippen MR) is 53.1 cm³/mol. The van der Waals surface area contributed by atoms with Crippen molar-refractivity contribution < 1.29 is 23.1 Å². The first-order valence-corrected chi connectivity index (χ1v) is 4.46. The third-order valence-electron chi connectivity index (χ3n) is 1.72. The topological polar surface area (TPSA) is 37.3 Å². The molecule has 0 saturated carbocycles. The van der Waals surface area contributed by atoms with Crippen molar-refractivity contribution in [3.63, 3.8) is 0 Å². The highest BCUT2D eigenvalue weighted by Gasteiger charge is 2.32. The number of halogens is 4. The fourth-order valence-corrected chi connectivity index (χ4v) is 1.27. The van der Waals surface area contributed by atoms with E-state index in [1.165, 1.54) is 0 Å². The molecule has 0 spiro atoms. The van der Waals surface area contributed by atoms with Crippen LogP contribution < -0.4 is 0 Å². The highest BCUT2D eigenvalue weighted by molar-refractivity contribution is 6.30.